The van der Waals surface area contributed by atoms with Gasteiger partial charge in [0.1, 0.15) is 0 Å². The van der Waals surface area contributed by atoms with E-state index < -0.39 is 0 Å². The smallest absolute Gasteiger partial charge is 0.251 e. The summed E-state index contributed by atoms with van der Waals surface area (Å²) in [6.07, 6.45) is 0.996. The van der Waals surface area contributed by atoms with Crippen molar-refractivity contribution in [2.45, 2.75) is 25.8 Å². The number of rotatable bonds is 6. The van der Waals surface area contributed by atoms with Gasteiger partial charge in [0, 0.05) is 24.6 Å². The third-order valence-electron chi connectivity index (χ3n) is 3.72. The second-order valence-electron chi connectivity index (χ2n) is 5.13. The lowest BCUT2D eigenvalue weighted by Gasteiger charge is -2.16. The number of nitrogens with two attached hydrogens (primary N) is 1. The van der Waals surface area contributed by atoms with Gasteiger partial charge in [0.15, 0.2) is 0 Å². The Labute approximate surface area is 138 Å². The molecule has 0 heterocycles. The van der Waals surface area contributed by atoms with Crippen molar-refractivity contribution in [1.82, 2.24) is 5.32 Å². The summed E-state index contributed by atoms with van der Waals surface area (Å²) in [5.74, 6) is 0.311. The molecule has 0 bridgehead atoms. The zero-order valence-corrected chi connectivity index (χ0v) is 13.6. The highest BCUT2D eigenvalue weighted by atomic mass is 35.5. The van der Waals surface area contributed by atoms with Gasteiger partial charge < -0.3 is 11.1 Å². The summed E-state index contributed by atoms with van der Waals surface area (Å²) in [6.45, 7) is 3.28. The molecule has 0 saturated heterocycles. The van der Waals surface area contributed by atoms with E-state index in [0.29, 0.717) is 24.6 Å². The molecule has 1 amide bonds. The molecule has 3 nitrogen and oxygen atoms in total. The van der Waals surface area contributed by atoms with Crippen molar-refractivity contribution in [3.05, 3.63) is 71.3 Å². The van der Waals surface area contributed by atoms with Crippen LogP contribution in [0.2, 0.25) is 0 Å². The number of carbonyl (C=O) groups is 1. The minimum Gasteiger partial charge on any atom is -0.351 e. The van der Waals surface area contributed by atoms with E-state index in [1.807, 2.05) is 42.5 Å². The van der Waals surface area contributed by atoms with E-state index in [2.05, 4.69) is 24.4 Å². The van der Waals surface area contributed by atoms with Crippen LogP contribution in [0.1, 0.15) is 40.7 Å². The van der Waals surface area contributed by atoms with Crippen LogP contribution in [0.5, 0.6) is 0 Å². The summed E-state index contributed by atoms with van der Waals surface area (Å²) in [7, 11) is 0. The lowest BCUT2D eigenvalue weighted by atomic mass is 9.96. The lowest BCUT2D eigenvalue weighted by Crippen LogP contribution is -2.28. The van der Waals surface area contributed by atoms with Gasteiger partial charge in [0.25, 0.3) is 5.91 Å². The maximum Gasteiger partial charge on any atom is 0.251 e. The average Bonchev–Trinajstić information content (AvgIpc) is 2.56. The standard InChI is InChI=1S/C18H22N2O.ClH/c1-2-15(16-6-4-3-5-7-16)13-20-18(21)17-10-8-14(12-19)9-11-17;/h3-11,15H,2,12-13,19H2,1H3,(H,20,21);1H. The summed E-state index contributed by atoms with van der Waals surface area (Å²) in [5.41, 5.74) is 8.52. The molecule has 2 aromatic carbocycles. The summed E-state index contributed by atoms with van der Waals surface area (Å²) >= 11 is 0. The number of benzene rings is 2. The fraction of sp³-hybridized carbons (Fsp3) is 0.278. The predicted octanol–water partition coefficient (Wildman–Crippen LogP) is 3.49. The van der Waals surface area contributed by atoms with Crippen LogP contribution in [0.25, 0.3) is 0 Å². The van der Waals surface area contributed by atoms with E-state index >= 15 is 0 Å². The van der Waals surface area contributed by atoms with E-state index in [0.717, 1.165) is 12.0 Å². The number of halogens is 1. The highest BCUT2D eigenvalue weighted by molar-refractivity contribution is 5.94. The van der Waals surface area contributed by atoms with Gasteiger partial charge in [-0.3, -0.25) is 4.79 Å². The fourth-order valence-corrected chi connectivity index (χ4v) is 2.33. The van der Waals surface area contributed by atoms with Crippen LogP contribution < -0.4 is 11.1 Å². The molecular weight excluding hydrogens is 296 g/mol. The average molecular weight is 319 g/mol. The van der Waals surface area contributed by atoms with Gasteiger partial charge in [-0.1, -0.05) is 49.4 Å². The monoisotopic (exact) mass is 318 g/mol. The molecule has 22 heavy (non-hydrogen) atoms. The Bertz CT molecular complexity index is 569. The third-order valence-corrected chi connectivity index (χ3v) is 3.72. The molecule has 3 N–H and O–H groups in total. The molecule has 0 radical (unpaired) electrons. The number of hydrogen-bond donors (Lipinski definition) is 2. The van der Waals surface area contributed by atoms with Gasteiger partial charge in [0.05, 0.1) is 0 Å². The number of hydrogen-bond acceptors (Lipinski definition) is 2. The first kappa shape index (κ1) is 18.2. The Morgan fingerprint density at radius 2 is 1.73 bits per heavy atom. The van der Waals surface area contributed by atoms with Crippen molar-refractivity contribution >= 4 is 18.3 Å². The molecular formula is C18H23ClN2O. The van der Waals surface area contributed by atoms with Crippen molar-refractivity contribution in [1.29, 1.82) is 0 Å². The van der Waals surface area contributed by atoms with Crippen molar-refractivity contribution in [3.8, 4) is 0 Å². The minimum absolute atomic E-state index is 0. The van der Waals surface area contributed by atoms with Crippen LogP contribution in [-0.2, 0) is 6.54 Å². The number of amides is 1. The third kappa shape index (κ3) is 4.86. The summed E-state index contributed by atoms with van der Waals surface area (Å²) in [6, 6.07) is 17.7. The lowest BCUT2D eigenvalue weighted by molar-refractivity contribution is 0.0951. The molecule has 0 aliphatic rings. The molecule has 0 saturated carbocycles. The van der Waals surface area contributed by atoms with Gasteiger partial charge >= 0.3 is 0 Å². The Hall–Kier alpha value is -1.84. The van der Waals surface area contributed by atoms with Crippen LogP contribution in [0.4, 0.5) is 0 Å². The Balaban J connectivity index is 0.00000242. The number of nitrogens with one attached hydrogen (secondary N) is 1. The van der Waals surface area contributed by atoms with Crippen molar-refractivity contribution < 1.29 is 4.79 Å². The fourth-order valence-electron chi connectivity index (χ4n) is 2.33. The first-order chi connectivity index (χ1) is 10.2. The zero-order chi connectivity index (χ0) is 15.1. The quantitative estimate of drug-likeness (QED) is 0.856. The summed E-state index contributed by atoms with van der Waals surface area (Å²) in [4.78, 5) is 12.2. The van der Waals surface area contributed by atoms with Crippen molar-refractivity contribution in [2.24, 2.45) is 5.73 Å². The van der Waals surface area contributed by atoms with Gasteiger partial charge in [0.2, 0.25) is 0 Å². The summed E-state index contributed by atoms with van der Waals surface area (Å²) in [5, 5.41) is 3.02. The second kappa shape index (κ2) is 9.23. The largest absolute Gasteiger partial charge is 0.351 e. The van der Waals surface area contributed by atoms with Crippen LogP contribution in [0, 0.1) is 0 Å². The molecule has 2 aromatic rings. The molecule has 0 aliphatic heterocycles. The highest BCUT2D eigenvalue weighted by Gasteiger charge is 2.11. The SMILES string of the molecule is CCC(CNC(=O)c1ccc(CN)cc1)c1ccccc1.Cl. The van der Waals surface area contributed by atoms with E-state index in [1.54, 1.807) is 0 Å². The van der Waals surface area contributed by atoms with E-state index in [9.17, 15) is 4.79 Å². The normalized spacial score (nSPS) is 11.4. The topological polar surface area (TPSA) is 55.1 Å². The Kier molecular flexibility index (Phi) is 7.64. The molecule has 0 spiro atoms. The molecule has 1 atom stereocenters. The van der Waals surface area contributed by atoms with E-state index in [-0.39, 0.29) is 18.3 Å². The van der Waals surface area contributed by atoms with Gasteiger partial charge in [-0.05, 0) is 29.7 Å². The predicted molar refractivity (Wildman–Crippen MR) is 93.4 cm³/mol. The first-order valence-electron chi connectivity index (χ1n) is 7.36. The van der Waals surface area contributed by atoms with Crippen LogP contribution in [-0.4, -0.2) is 12.5 Å². The Morgan fingerprint density at radius 1 is 1.09 bits per heavy atom. The zero-order valence-electron chi connectivity index (χ0n) is 12.8. The molecule has 4 heteroatoms. The van der Waals surface area contributed by atoms with Crippen LogP contribution in [0.3, 0.4) is 0 Å². The maximum atomic E-state index is 12.2. The van der Waals surface area contributed by atoms with Gasteiger partial charge in [-0.15, -0.1) is 12.4 Å². The first-order valence-corrected chi connectivity index (χ1v) is 7.36. The molecule has 0 aromatic heterocycles. The van der Waals surface area contributed by atoms with E-state index in [4.69, 9.17) is 5.73 Å². The molecule has 0 aliphatic carbocycles. The Morgan fingerprint density at radius 3 is 2.27 bits per heavy atom. The number of carbonyl (C=O) groups excluding carboxylic acids is 1. The molecule has 0 fully saturated rings. The maximum absolute atomic E-state index is 12.2. The van der Waals surface area contributed by atoms with E-state index in [1.165, 1.54) is 5.56 Å². The summed E-state index contributed by atoms with van der Waals surface area (Å²) < 4.78 is 0. The van der Waals surface area contributed by atoms with Gasteiger partial charge in [-0.25, -0.2) is 0 Å². The van der Waals surface area contributed by atoms with Crippen molar-refractivity contribution in [2.75, 3.05) is 6.54 Å². The van der Waals surface area contributed by atoms with Crippen LogP contribution >= 0.6 is 12.4 Å². The van der Waals surface area contributed by atoms with Gasteiger partial charge in [-0.2, -0.15) is 0 Å². The molecule has 118 valence electrons. The highest BCUT2D eigenvalue weighted by Crippen LogP contribution is 2.18. The van der Waals surface area contributed by atoms with Crippen molar-refractivity contribution in [3.63, 3.8) is 0 Å². The molecule has 1 unspecified atom stereocenters. The minimum atomic E-state index is -0.0343. The second-order valence-corrected chi connectivity index (χ2v) is 5.13. The molecule has 2 rings (SSSR count). The van der Waals surface area contributed by atoms with Crippen LogP contribution in [0.15, 0.2) is 54.6 Å².